The van der Waals surface area contributed by atoms with Gasteiger partial charge in [0.2, 0.25) is 0 Å². The van der Waals surface area contributed by atoms with E-state index in [9.17, 15) is 39.4 Å². The quantitative estimate of drug-likeness (QED) is 0.154. The lowest BCUT2D eigenvalue weighted by Crippen LogP contribution is -2.25. The van der Waals surface area contributed by atoms with Crippen molar-refractivity contribution in [2.45, 2.75) is 26.2 Å². The SMILES string of the molecule is COC(=O)C(C(=O)OC)c1ccc(C)cc1[N+](=O)[O-].COC(=O)CC(=O)OC.Cc1ccc(Cl)c([N+](=O)[O-])c1. The fraction of sp³-hybridized carbons (Fsp3) is 0.333. The molecule has 0 aromatic heterocycles. The summed E-state index contributed by atoms with van der Waals surface area (Å²) >= 11 is 5.55. The van der Waals surface area contributed by atoms with Crippen LogP contribution in [0.25, 0.3) is 0 Å². The van der Waals surface area contributed by atoms with Crippen LogP contribution in [0.1, 0.15) is 29.0 Å². The molecule has 2 aromatic rings. The van der Waals surface area contributed by atoms with Crippen LogP contribution >= 0.6 is 11.6 Å². The molecule has 0 spiro atoms. The molecule has 39 heavy (non-hydrogen) atoms. The molecule has 15 heteroatoms. The Morgan fingerprint density at radius 2 is 1.15 bits per heavy atom. The number of rotatable bonds is 7. The predicted octanol–water partition coefficient (Wildman–Crippen LogP) is 3.61. The van der Waals surface area contributed by atoms with Gasteiger partial charge in [0.15, 0.2) is 5.92 Å². The van der Waals surface area contributed by atoms with Crippen LogP contribution in [-0.2, 0) is 38.1 Å². The normalized spacial score (nSPS) is 9.54. The Kier molecular flexibility index (Phi) is 15.0. The minimum Gasteiger partial charge on any atom is -0.469 e. The Morgan fingerprint density at radius 3 is 1.51 bits per heavy atom. The zero-order chi connectivity index (χ0) is 30.3. The van der Waals surface area contributed by atoms with Crippen LogP contribution in [-0.4, -0.2) is 62.2 Å². The second-order valence-corrected chi connectivity index (χ2v) is 7.75. The topological polar surface area (TPSA) is 191 Å². The molecule has 0 aliphatic rings. The molecule has 0 fully saturated rings. The van der Waals surface area contributed by atoms with Gasteiger partial charge in [-0.3, -0.25) is 39.4 Å². The molecule has 212 valence electrons. The third-order valence-electron chi connectivity index (χ3n) is 4.61. The van der Waals surface area contributed by atoms with E-state index in [1.54, 1.807) is 26.0 Å². The molecule has 0 saturated heterocycles. The van der Waals surface area contributed by atoms with Gasteiger partial charge in [0, 0.05) is 12.1 Å². The van der Waals surface area contributed by atoms with Crippen LogP contribution in [0.3, 0.4) is 0 Å². The largest absolute Gasteiger partial charge is 0.469 e. The molecule has 14 nitrogen and oxygen atoms in total. The summed E-state index contributed by atoms with van der Waals surface area (Å²) < 4.78 is 17.4. The number of methoxy groups -OCH3 is 4. The molecule has 0 saturated carbocycles. The summed E-state index contributed by atoms with van der Waals surface area (Å²) in [5, 5.41) is 21.5. The molecule has 0 bridgehead atoms. The lowest BCUT2D eigenvalue weighted by atomic mass is 9.96. The number of benzene rings is 2. The molecule has 0 unspecified atom stereocenters. The van der Waals surface area contributed by atoms with Gasteiger partial charge in [-0.1, -0.05) is 29.8 Å². The van der Waals surface area contributed by atoms with E-state index >= 15 is 0 Å². The van der Waals surface area contributed by atoms with E-state index in [4.69, 9.17) is 11.6 Å². The molecule has 0 N–H and O–H groups in total. The number of carbonyl (C=O) groups excluding carboxylic acids is 4. The highest BCUT2D eigenvalue weighted by Gasteiger charge is 2.36. The highest BCUT2D eigenvalue weighted by molar-refractivity contribution is 6.32. The van der Waals surface area contributed by atoms with Crippen LogP contribution in [0.2, 0.25) is 5.02 Å². The Morgan fingerprint density at radius 1 is 0.744 bits per heavy atom. The third kappa shape index (κ3) is 11.6. The lowest BCUT2D eigenvalue weighted by molar-refractivity contribution is -0.385. The Hall–Kier alpha value is -4.59. The summed E-state index contributed by atoms with van der Waals surface area (Å²) in [5.41, 5.74) is 1.08. The van der Waals surface area contributed by atoms with Crippen molar-refractivity contribution in [2.24, 2.45) is 0 Å². The second kappa shape index (κ2) is 17.0. The van der Waals surface area contributed by atoms with Gasteiger partial charge in [-0.2, -0.15) is 0 Å². The van der Waals surface area contributed by atoms with Crippen molar-refractivity contribution >= 4 is 46.9 Å². The summed E-state index contributed by atoms with van der Waals surface area (Å²) in [5.74, 6) is -4.43. The third-order valence-corrected chi connectivity index (χ3v) is 4.93. The minimum absolute atomic E-state index is 0.0355. The number of nitro groups is 2. The van der Waals surface area contributed by atoms with Gasteiger partial charge in [-0.25, -0.2) is 0 Å². The van der Waals surface area contributed by atoms with E-state index in [1.807, 2.05) is 0 Å². The maximum Gasteiger partial charge on any atom is 0.324 e. The number of halogens is 1. The van der Waals surface area contributed by atoms with Crippen LogP contribution in [0, 0.1) is 34.1 Å². The van der Waals surface area contributed by atoms with Crippen molar-refractivity contribution in [1.82, 2.24) is 0 Å². The molecule has 0 radical (unpaired) electrons. The summed E-state index contributed by atoms with van der Waals surface area (Å²) in [6, 6.07) is 8.91. The number of ether oxygens (including phenoxy) is 4. The molecule has 0 atom stereocenters. The standard InChI is InChI=1S/C12H13NO6.C7H6ClNO2.C5H8O4/c1-7-4-5-8(9(6-7)13(16)17)10(11(14)18-2)12(15)19-3;1-5-2-3-6(8)7(4-5)9(10)11;1-8-4(6)3-5(7)9-2/h4-6,10H,1-3H3;2-4H,1H3;3H2,1-2H3. The molecule has 0 heterocycles. The molecule has 0 aliphatic carbocycles. The first-order valence-electron chi connectivity index (χ1n) is 10.7. The first kappa shape index (κ1) is 34.4. The molecule has 2 rings (SSSR count). The zero-order valence-electron chi connectivity index (χ0n) is 21.9. The van der Waals surface area contributed by atoms with E-state index in [0.717, 1.165) is 19.8 Å². The van der Waals surface area contributed by atoms with Crippen LogP contribution < -0.4 is 0 Å². The van der Waals surface area contributed by atoms with Crippen LogP contribution in [0.4, 0.5) is 11.4 Å². The van der Waals surface area contributed by atoms with Gasteiger partial charge in [0.05, 0.1) is 43.8 Å². The number of nitro benzene ring substituents is 2. The van der Waals surface area contributed by atoms with E-state index < -0.39 is 39.6 Å². The highest BCUT2D eigenvalue weighted by atomic mass is 35.5. The van der Waals surface area contributed by atoms with E-state index in [1.165, 1.54) is 38.5 Å². The number of nitrogens with zero attached hydrogens (tertiary/aromatic N) is 2. The maximum absolute atomic E-state index is 11.6. The second-order valence-electron chi connectivity index (χ2n) is 7.34. The number of carbonyl (C=O) groups is 4. The Balaban J connectivity index is 0.000000612. The van der Waals surface area contributed by atoms with Gasteiger partial charge in [0.1, 0.15) is 11.4 Å². The fourth-order valence-electron chi connectivity index (χ4n) is 2.67. The van der Waals surface area contributed by atoms with Gasteiger partial charge in [-0.05, 0) is 31.0 Å². The smallest absolute Gasteiger partial charge is 0.324 e. The molecule has 2 aromatic carbocycles. The van der Waals surface area contributed by atoms with Crippen molar-refractivity contribution in [3.05, 3.63) is 78.3 Å². The van der Waals surface area contributed by atoms with E-state index in [0.29, 0.717) is 5.56 Å². The van der Waals surface area contributed by atoms with Gasteiger partial charge >= 0.3 is 23.9 Å². The Bertz CT molecular complexity index is 1190. The average molecular weight is 571 g/mol. The summed E-state index contributed by atoms with van der Waals surface area (Å²) in [4.78, 5) is 63.9. The number of aryl methyl sites for hydroxylation is 2. The molecule has 0 amide bonds. The lowest BCUT2D eigenvalue weighted by Gasteiger charge is -2.13. The number of hydrogen-bond donors (Lipinski definition) is 0. The highest BCUT2D eigenvalue weighted by Crippen LogP contribution is 2.29. The minimum atomic E-state index is -1.46. The molecule has 0 aliphatic heterocycles. The summed E-state index contributed by atoms with van der Waals surface area (Å²) in [6.45, 7) is 3.45. The van der Waals surface area contributed by atoms with Gasteiger partial charge in [0.25, 0.3) is 11.4 Å². The first-order chi connectivity index (χ1) is 18.2. The van der Waals surface area contributed by atoms with Gasteiger partial charge < -0.3 is 18.9 Å². The van der Waals surface area contributed by atoms with Crippen molar-refractivity contribution in [2.75, 3.05) is 28.4 Å². The maximum atomic E-state index is 11.6. The van der Waals surface area contributed by atoms with Crippen molar-refractivity contribution in [1.29, 1.82) is 0 Å². The van der Waals surface area contributed by atoms with E-state index in [2.05, 4.69) is 18.9 Å². The monoisotopic (exact) mass is 570 g/mol. The Labute approximate surface area is 228 Å². The average Bonchev–Trinajstić information content (AvgIpc) is 2.90. The fourth-order valence-corrected chi connectivity index (χ4v) is 2.85. The van der Waals surface area contributed by atoms with Crippen molar-refractivity contribution in [3.8, 4) is 0 Å². The van der Waals surface area contributed by atoms with E-state index in [-0.39, 0.29) is 28.4 Å². The summed E-state index contributed by atoms with van der Waals surface area (Å²) in [6.07, 6.45) is -0.312. The van der Waals surface area contributed by atoms with Crippen LogP contribution in [0.15, 0.2) is 36.4 Å². The first-order valence-corrected chi connectivity index (χ1v) is 11.1. The zero-order valence-corrected chi connectivity index (χ0v) is 22.7. The van der Waals surface area contributed by atoms with Gasteiger partial charge in [-0.15, -0.1) is 0 Å². The number of hydrogen-bond acceptors (Lipinski definition) is 12. The molecular weight excluding hydrogens is 544 g/mol. The van der Waals surface area contributed by atoms with Crippen molar-refractivity contribution in [3.63, 3.8) is 0 Å². The number of esters is 4. The summed E-state index contributed by atoms with van der Waals surface area (Å²) in [7, 11) is 4.62. The molecular formula is C24H27ClN2O12. The van der Waals surface area contributed by atoms with Crippen molar-refractivity contribution < 1.29 is 48.0 Å². The predicted molar refractivity (Wildman–Crippen MR) is 136 cm³/mol. The van der Waals surface area contributed by atoms with Crippen LogP contribution in [0.5, 0.6) is 0 Å².